The Morgan fingerprint density at radius 2 is 1.29 bits per heavy atom. The van der Waals surface area contributed by atoms with Crippen molar-refractivity contribution in [2.45, 2.75) is 18.4 Å². The number of ether oxygens (including phenoxy) is 3. The Morgan fingerprint density at radius 3 is 1.92 bits per heavy atom. The molecule has 1 unspecified atom stereocenters. The highest BCUT2D eigenvalue weighted by Crippen LogP contribution is 2.57. The molecule has 1 heterocycles. The Hall–Kier alpha value is -4.50. The number of rotatable bonds is 4. The van der Waals surface area contributed by atoms with E-state index in [4.69, 9.17) is 14.2 Å². The summed E-state index contributed by atoms with van der Waals surface area (Å²) in [6, 6.07) is 33.9. The largest absolute Gasteiger partial charge is 0.493 e. The minimum atomic E-state index is -0.748. The molecule has 5 aromatic carbocycles. The first kappa shape index (κ1) is 22.7. The molecule has 1 atom stereocenters. The van der Waals surface area contributed by atoms with Crippen LogP contribution in [0.25, 0.3) is 28.0 Å². The molecule has 0 saturated carbocycles. The summed E-state index contributed by atoms with van der Waals surface area (Å²) in [6.45, 7) is 2.28. The molecule has 1 aliphatic heterocycles. The predicted octanol–water partition coefficient (Wildman–Crippen LogP) is 8.34. The topological polar surface area (TPSA) is 27.7 Å². The van der Waals surface area contributed by atoms with Gasteiger partial charge >= 0.3 is 0 Å². The molecule has 38 heavy (non-hydrogen) atoms. The number of hydrogen-bond acceptors (Lipinski definition) is 3. The highest BCUT2D eigenvalue weighted by Gasteiger charge is 2.41. The van der Waals surface area contributed by atoms with Crippen molar-refractivity contribution in [3.8, 4) is 28.4 Å². The van der Waals surface area contributed by atoms with E-state index in [-0.39, 0.29) is 5.92 Å². The summed E-state index contributed by atoms with van der Waals surface area (Å²) in [5, 5.41) is 2.24. The molecule has 0 radical (unpaired) electrons. The molecule has 0 fully saturated rings. The zero-order valence-electron chi connectivity index (χ0n) is 21.7. The summed E-state index contributed by atoms with van der Waals surface area (Å²) < 4.78 is 18.8. The summed E-state index contributed by atoms with van der Waals surface area (Å²) >= 11 is 0. The molecular formula is C35H28O3. The van der Waals surface area contributed by atoms with E-state index in [9.17, 15) is 0 Å². The van der Waals surface area contributed by atoms with Crippen LogP contribution in [0, 0.1) is 0 Å². The van der Waals surface area contributed by atoms with Gasteiger partial charge in [-0.3, -0.25) is 0 Å². The van der Waals surface area contributed by atoms with Crippen molar-refractivity contribution in [3.63, 3.8) is 0 Å². The average molecular weight is 497 g/mol. The van der Waals surface area contributed by atoms with Crippen LogP contribution in [0.4, 0.5) is 0 Å². The SMILES string of the molecule is COc1cc2c3c(c4c(c2cc1OC)-c1ccccc1C4C)OC(c1ccccc1)(c1ccccc1)C=C3. The van der Waals surface area contributed by atoms with Crippen LogP contribution >= 0.6 is 0 Å². The van der Waals surface area contributed by atoms with Gasteiger partial charge in [-0.25, -0.2) is 0 Å². The smallest absolute Gasteiger partial charge is 0.178 e. The zero-order valence-corrected chi connectivity index (χ0v) is 21.7. The van der Waals surface area contributed by atoms with Gasteiger partial charge in [0.25, 0.3) is 0 Å². The van der Waals surface area contributed by atoms with Crippen molar-refractivity contribution >= 4 is 16.8 Å². The first-order valence-corrected chi connectivity index (χ1v) is 13.0. The van der Waals surface area contributed by atoms with Gasteiger partial charge in [-0.15, -0.1) is 0 Å². The second kappa shape index (κ2) is 8.53. The molecule has 0 amide bonds. The Labute approximate surface area is 222 Å². The molecule has 2 aliphatic rings. The molecule has 3 heteroatoms. The summed E-state index contributed by atoms with van der Waals surface area (Å²) in [4.78, 5) is 0. The van der Waals surface area contributed by atoms with Gasteiger partial charge in [0.2, 0.25) is 0 Å². The number of methoxy groups -OCH3 is 2. The monoisotopic (exact) mass is 496 g/mol. The molecule has 0 spiro atoms. The Bertz CT molecular complexity index is 1680. The van der Waals surface area contributed by atoms with Gasteiger partial charge in [0, 0.05) is 28.2 Å². The standard InChI is InChI=1S/C35H28O3/c1-22-25-16-10-11-17-26(25)33-29-21-31(37-3)30(36-2)20-28(29)27-18-19-35(38-34(27)32(22)33,23-12-6-4-7-13-23)24-14-8-5-9-15-24/h4-22H,1-3H3. The van der Waals surface area contributed by atoms with Gasteiger partial charge in [0.15, 0.2) is 17.1 Å². The maximum atomic E-state index is 7.32. The minimum absolute atomic E-state index is 0.184. The van der Waals surface area contributed by atoms with E-state index in [1.54, 1.807) is 14.2 Å². The highest BCUT2D eigenvalue weighted by atomic mass is 16.5. The summed E-state index contributed by atoms with van der Waals surface area (Å²) in [5.41, 5.74) is 7.52. The van der Waals surface area contributed by atoms with Gasteiger partial charge < -0.3 is 14.2 Å². The summed E-state index contributed by atoms with van der Waals surface area (Å²) in [6.07, 6.45) is 4.44. The van der Waals surface area contributed by atoms with Crippen molar-refractivity contribution in [2.75, 3.05) is 14.2 Å². The number of fused-ring (bicyclic) bond motifs is 8. The van der Waals surface area contributed by atoms with Gasteiger partial charge in [-0.05, 0) is 51.7 Å². The first-order chi connectivity index (χ1) is 18.7. The zero-order chi connectivity index (χ0) is 25.9. The van der Waals surface area contributed by atoms with Crippen LogP contribution in [0.3, 0.4) is 0 Å². The van der Waals surface area contributed by atoms with E-state index in [0.29, 0.717) is 5.75 Å². The van der Waals surface area contributed by atoms with E-state index >= 15 is 0 Å². The fourth-order valence-corrected chi connectivity index (χ4v) is 6.32. The van der Waals surface area contributed by atoms with E-state index in [1.165, 1.54) is 22.3 Å². The molecule has 0 aromatic heterocycles. The van der Waals surface area contributed by atoms with Crippen molar-refractivity contribution in [1.29, 1.82) is 0 Å². The summed E-state index contributed by atoms with van der Waals surface area (Å²) in [7, 11) is 3.37. The van der Waals surface area contributed by atoms with Gasteiger partial charge in [0.1, 0.15) is 5.75 Å². The van der Waals surface area contributed by atoms with Crippen molar-refractivity contribution in [3.05, 3.63) is 131 Å². The second-order valence-electron chi connectivity index (χ2n) is 10.00. The van der Waals surface area contributed by atoms with Crippen LogP contribution in [0.1, 0.15) is 40.7 Å². The average Bonchev–Trinajstić information content (AvgIpc) is 3.29. The third kappa shape index (κ3) is 3.08. The lowest BCUT2D eigenvalue weighted by atomic mass is 9.81. The fourth-order valence-electron chi connectivity index (χ4n) is 6.32. The van der Waals surface area contributed by atoms with Gasteiger partial charge in [-0.2, -0.15) is 0 Å². The van der Waals surface area contributed by atoms with E-state index in [0.717, 1.165) is 39.0 Å². The van der Waals surface area contributed by atoms with E-state index < -0.39 is 5.60 Å². The Kier molecular flexibility index (Phi) is 5.09. The van der Waals surface area contributed by atoms with Crippen LogP contribution in [0.15, 0.2) is 103 Å². The van der Waals surface area contributed by atoms with Crippen LogP contribution in [0.5, 0.6) is 17.2 Å². The van der Waals surface area contributed by atoms with E-state index in [2.05, 4.69) is 104 Å². The minimum Gasteiger partial charge on any atom is -0.493 e. The van der Waals surface area contributed by atoms with Crippen molar-refractivity contribution < 1.29 is 14.2 Å². The van der Waals surface area contributed by atoms with Gasteiger partial charge in [0.05, 0.1) is 14.2 Å². The third-order valence-corrected chi connectivity index (χ3v) is 8.12. The number of benzene rings is 5. The molecule has 7 rings (SSSR count). The summed E-state index contributed by atoms with van der Waals surface area (Å²) in [5.74, 6) is 2.54. The molecule has 0 saturated heterocycles. The second-order valence-corrected chi connectivity index (χ2v) is 10.00. The lowest BCUT2D eigenvalue weighted by Crippen LogP contribution is -2.34. The maximum absolute atomic E-state index is 7.32. The Morgan fingerprint density at radius 1 is 0.711 bits per heavy atom. The third-order valence-electron chi connectivity index (χ3n) is 8.12. The first-order valence-electron chi connectivity index (χ1n) is 13.0. The van der Waals surface area contributed by atoms with Crippen LogP contribution in [0.2, 0.25) is 0 Å². The lowest BCUT2D eigenvalue weighted by Gasteiger charge is -2.38. The molecule has 0 N–H and O–H groups in total. The normalized spacial score (nSPS) is 16.3. The molecule has 1 aliphatic carbocycles. The van der Waals surface area contributed by atoms with Crippen LogP contribution < -0.4 is 14.2 Å². The highest BCUT2D eigenvalue weighted by molar-refractivity contribution is 6.09. The Balaban J connectivity index is 1.59. The van der Waals surface area contributed by atoms with E-state index in [1.807, 2.05) is 12.1 Å². The fraction of sp³-hybridized carbons (Fsp3) is 0.143. The van der Waals surface area contributed by atoms with Crippen molar-refractivity contribution in [2.24, 2.45) is 0 Å². The quantitative estimate of drug-likeness (QED) is 0.250. The molecule has 0 bridgehead atoms. The molecule has 186 valence electrons. The van der Waals surface area contributed by atoms with Crippen LogP contribution in [-0.4, -0.2) is 14.2 Å². The maximum Gasteiger partial charge on any atom is 0.178 e. The lowest BCUT2D eigenvalue weighted by molar-refractivity contribution is 0.159. The van der Waals surface area contributed by atoms with Crippen LogP contribution in [-0.2, 0) is 5.60 Å². The predicted molar refractivity (Wildman–Crippen MR) is 153 cm³/mol. The molecule has 3 nitrogen and oxygen atoms in total. The van der Waals surface area contributed by atoms with Crippen molar-refractivity contribution in [1.82, 2.24) is 0 Å². The number of hydrogen-bond donors (Lipinski definition) is 0. The van der Waals surface area contributed by atoms with Gasteiger partial charge in [-0.1, -0.05) is 91.9 Å². The molecule has 5 aromatic rings. The molecular weight excluding hydrogens is 468 g/mol.